The predicted molar refractivity (Wildman–Crippen MR) is 154 cm³/mol. The Labute approximate surface area is 221 Å². The van der Waals surface area contributed by atoms with E-state index in [1.165, 1.54) is 51.4 Å². The molecule has 35 heavy (non-hydrogen) atoms. The summed E-state index contributed by atoms with van der Waals surface area (Å²) in [5.74, 6) is 13.6. The Morgan fingerprint density at radius 1 is 0.714 bits per heavy atom. The van der Waals surface area contributed by atoms with Crippen LogP contribution in [0.2, 0.25) is 0 Å². The van der Waals surface area contributed by atoms with Crippen molar-refractivity contribution in [2.45, 2.75) is 133 Å². The quantitative estimate of drug-likeness (QED) is 0.285. The summed E-state index contributed by atoms with van der Waals surface area (Å²) >= 11 is 0. The average Bonchev–Trinajstić information content (AvgIpc) is 2.93. The molecule has 4 saturated carbocycles. The summed E-state index contributed by atoms with van der Waals surface area (Å²) in [5.41, 5.74) is 0.505. The van der Waals surface area contributed by atoms with Crippen molar-refractivity contribution in [1.82, 2.24) is 0 Å². The van der Waals surface area contributed by atoms with Gasteiger partial charge in [0.05, 0.1) is 0 Å². The first-order valence-corrected chi connectivity index (χ1v) is 16.5. The van der Waals surface area contributed by atoms with E-state index in [2.05, 4.69) is 69.2 Å². The molecular weight excluding hydrogens is 420 g/mol. The molecule has 0 aromatic heterocycles. The maximum atomic E-state index is 2.68. The third-order valence-electron chi connectivity index (χ3n) is 13.8. The number of rotatable bonds is 9. The number of hydrogen-bond donors (Lipinski definition) is 0. The van der Waals surface area contributed by atoms with Crippen LogP contribution in [-0.2, 0) is 0 Å². The highest BCUT2D eigenvalue weighted by molar-refractivity contribution is 5.02. The Kier molecular flexibility index (Phi) is 8.81. The molecule has 0 heterocycles. The van der Waals surface area contributed by atoms with E-state index in [0.717, 1.165) is 82.9 Å². The molecule has 4 rings (SSSR count). The smallest absolute Gasteiger partial charge is 0.0347 e. The highest BCUT2D eigenvalue weighted by atomic mass is 14.6. The van der Waals surface area contributed by atoms with Crippen LogP contribution < -0.4 is 0 Å². The third-order valence-corrected chi connectivity index (χ3v) is 13.8. The van der Waals surface area contributed by atoms with Gasteiger partial charge in [0.25, 0.3) is 0 Å². The van der Waals surface area contributed by atoms with Crippen molar-refractivity contribution in [3.63, 3.8) is 0 Å². The zero-order chi connectivity index (χ0) is 25.7. The lowest BCUT2D eigenvalue weighted by Crippen LogP contribution is -2.46. The molecule has 0 radical (unpaired) electrons. The Hall–Kier alpha value is 0. The van der Waals surface area contributed by atoms with Crippen LogP contribution in [0.25, 0.3) is 0 Å². The summed E-state index contributed by atoms with van der Waals surface area (Å²) in [7, 11) is 0. The minimum Gasteiger partial charge on any atom is -0.0651 e. The molecular formula is C35H64. The lowest BCUT2D eigenvalue weighted by molar-refractivity contribution is -0.0428. The van der Waals surface area contributed by atoms with Crippen molar-refractivity contribution in [1.29, 1.82) is 0 Å². The van der Waals surface area contributed by atoms with Crippen molar-refractivity contribution in [2.24, 2.45) is 88.3 Å². The molecule has 0 nitrogen and oxygen atoms in total. The van der Waals surface area contributed by atoms with E-state index in [9.17, 15) is 0 Å². The second-order valence-electron chi connectivity index (χ2n) is 16.0. The monoisotopic (exact) mass is 485 g/mol. The SMILES string of the molecule is CCC(C)C(C)C1CC(C)(C)CC(C2CC(C)C2C)C(CC2CCC2C)C1CC1CC(CC)C1C. The van der Waals surface area contributed by atoms with Gasteiger partial charge in [0.1, 0.15) is 0 Å². The van der Waals surface area contributed by atoms with Gasteiger partial charge in [-0.15, -0.1) is 0 Å². The summed E-state index contributed by atoms with van der Waals surface area (Å²) in [6, 6.07) is 0. The van der Waals surface area contributed by atoms with Gasteiger partial charge in [-0.3, -0.25) is 0 Å². The molecule has 204 valence electrons. The first-order valence-electron chi connectivity index (χ1n) is 16.5. The van der Waals surface area contributed by atoms with Gasteiger partial charge >= 0.3 is 0 Å². The van der Waals surface area contributed by atoms with Crippen LogP contribution >= 0.6 is 0 Å². The van der Waals surface area contributed by atoms with Gasteiger partial charge in [0.15, 0.2) is 0 Å². The average molecular weight is 485 g/mol. The van der Waals surface area contributed by atoms with Gasteiger partial charge < -0.3 is 0 Å². The van der Waals surface area contributed by atoms with Crippen LogP contribution in [-0.4, -0.2) is 0 Å². The summed E-state index contributed by atoms with van der Waals surface area (Å²) in [4.78, 5) is 0. The Morgan fingerprint density at radius 3 is 1.89 bits per heavy atom. The molecule has 4 aliphatic carbocycles. The van der Waals surface area contributed by atoms with Gasteiger partial charge in [-0.05, 0) is 133 Å². The molecule has 0 heteroatoms. The van der Waals surface area contributed by atoms with E-state index in [0.29, 0.717) is 5.41 Å². The Morgan fingerprint density at radius 2 is 1.40 bits per heavy atom. The van der Waals surface area contributed by atoms with E-state index in [1.54, 1.807) is 12.8 Å². The predicted octanol–water partition coefficient (Wildman–Crippen LogP) is 10.8. The van der Waals surface area contributed by atoms with E-state index >= 15 is 0 Å². The van der Waals surface area contributed by atoms with Crippen molar-refractivity contribution in [3.8, 4) is 0 Å². The van der Waals surface area contributed by atoms with Crippen molar-refractivity contribution >= 4 is 0 Å². The molecule has 14 unspecified atom stereocenters. The fraction of sp³-hybridized carbons (Fsp3) is 1.00. The first kappa shape index (κ1) is 28.0. The minimum absolute atomic E-state index is 0.505. The fourth-order valence-electron chi connectivity index (χ4n) is 10.1. The molecule has 0 aromatic carbocycles. The van der Waals surface area contributed by atoms with Gasteiger partial charge in [-0.25, -0.2) is 0 Å². The molecule has 4 aliphatic rings. The Balaban J connectivity index is 1.70. The summed E-state index contributed by atoms with van der Waals surface area (Å²) in [6.45, 7) is 25.8. The maximum absolute atomic E-state index is 2.68. The van der Waals surface area contributed by atoms with Crippen LogP contribution in [0.4, 0.5) is 0 Å². The second kappa shape index (κ2) is 11.0. The topological polar surface area (TPSA) is 0 Å². The third kappa shape index (κ3) is 5.58. The summed E-state index contributed by atoms with van der Waals surface area (Å²) < 4.78 is 0. The highest BCUT2D eigenvalue weighted by Gasteiger charge is 2.53. The Bertz CT molecular complexity index is 676. The molecule has 0 saturated heterocycles. The van der Waals surface area contributed by atoms with Crippen LogP contribution in [0, 0.1) is 88.3 Å². The van der Waals surface area contributed by atoms with E-state index < -0.39 is 0 Å². The molecule has 0 aromatic rings. The number of hydrogen-bond acceptors (Lipinski definition) is 0. The first-order chi connectivity index (χ1) is 16.5. The standard InChI is InChI=1S/C35H64/c1-11-21(3)24(6)33-19-35(9,10)20-34(30-15-23(5)25(30)7)32(17-28-14-13-22(28)4)31(33)18-29-16-27(12-2)26(29)8/h21-34H,11-20H2,1-10H3. The van der Waals surface area contributed by atoms with Crippen molar-refractivity contribution in [3.05, 3.63) is 0 Å². The molecule has 0 spiro atoms. The molecule has 0 bridgehead atoms. The summed E-state index contributed by atoms with van der Waals surface area (Å²) in [6.07, 6.45) is 15.0. The molecule has 0 aliphatic heterocycles. The van der Waals surface area contributed by atoms with Crippen LogP contribution in [0.15, 0.2) is 0 Å². The lowest BCUT2D eigenvalue weighted by Gasteiger charge is -2.53. The van der Waals surface area contributed by atoms with Crippen molar-refractivity contribution in [2.75, 3.05) is 0 Å². The van der Waals surface area contributed by atoms with Gasteiger partial charge in [0.2, 0.25) is 0 Å². The molecule has 14 atom stereocenters. The van der Waals surface area contributed by atoms with Gasteiger partial charge in [-0.1, -0.05) is 88.5 Å². The molecule has 4 fully saturated rings. The zero-order valence-electron chi connectivity index (χ0n) is 25.7. The van der Waals surface area contributed by atoms with Crippen molar-refractivity contribution < 1.29 is 0 Å². The minimum atomic E-state index is 0.505. The van der Waals surface area contributed by atoms with E-state index in [1.807, 2.05) is 0 Å². The molecule has 0 N–H and O–H groups in total. The van der Waals surface area contributed by atoms with E-state index in [-0.39, 0.29) is 0 Å². The highest BCUT2D eigenvalue weighted by Crippen LogP contribution is 2.61. The normalized spacial score (nSPS) is 49.2. The lowest BCUT2D eigenvalue weighted by atomic mass is 9.52. The summed E-state index contributed by atoms with van der Waals surface area (Å²) in [5, 5.41) is 0. The van der Waals surface area contributed by atoms with Crippen LogP contribution in [0.5, 0.6) is 0 Å². The van der Waals surface area contributed by atoms with Crippen LogP contribution in [0.1, 0.15) is 133 Å². The second-order valence-corrected chi connectivity index (χ2v) is 16.0. The fourth-order valence-corrected chi connectivity index (χ4v) is 10.1. The van der Waals surface area contributed by atoms with Gasteiger partial charge in [0, 0.05) is 0 Å². The van der Waals surface area contributed by atoms with Gasteiger partial charge in [-0.2, -0.15) is 0 Å². The largest absolute Gasteiger partial charge is 0.0651 e. The maximum Gasteiger partial charge on any atom is -0.0347 e. The van der Waals surface area contributed by atoms with Crippen LogP contribution in [0.3, 0.4) is 0 Å². The van der Waals surface area contributed by atoms with E-state index in [4.69, 9.17) is 0 Å². The zero-order valence-corrected chi connectivity index (χ0v) is 25.7. The molecule has 0 amide bonds.